The molecule has 4 aliphatic rings. The van der Waals surface area contributed by atoms with Gasteiger partial charge in [0, 0.05) is 26.7 Å². The second kappa shape index (κ2) is 8.55. The molecule has 0 saturated carbocycles. The minimum absolute atomic E-state index is 0.0715. The third-order valence-corrected chi connectivity index (χ3v) is 7.88. The summed E-state index contributed by atoms with van der Waals surface area (Å²) in [5.74, 6) is -2.26. The first kappa shape index (κ1) is 24.0. The summed E-state index contributed by atoms with van der Waals surface area (Å²) < 4.78 is 6.73. The molecule has 0 bridgehead atoms. The summed E-state index contributed by atoms with van der Waals surface area (Å²) in [5, 5.41) is 10.2. The number of likely N-dealkylation sites (tertiary alicyclic amines) is 1. The minimum Gasteiger partial charge on any atom is -0.394 e. The number of hydrogen-bond acceptors (Lipinski definition) is 5. The maximum Gasteiger partial charge on any atom is 0.249 e. The molecule has 8 nitrogen and oxygen atoms in total. The van der Waals surface area contributed by atoms with Gasteiger partial charge in [-0.05, 0) is 19.3 Å². The summed E-state index contributed by atoms with van der Waals surface area (Å²) in [5.41, 5.74) is -2.25. The van der Waals surface area contributed by atoms with Crippen molar-refractivity contribution >= 4 is 17.7 Å². The number of nitrogens with zero attached hydrogens (tertiary/aromatic N) is 3. The van der Waals surface area contributed by atoms with Crippen LogP contribution in [0.3, 0.4) is 0 Å². The van der Waals surface area contributed by atoms with Gasteiger partial charge in [0.1, 0.15) is 11.6 Å². The maximum atomic E-state index is 14.1. The number of hydrogen-bond donors (Lipinski definition) is 1. The zero-order chi connectivity index (χ0) is 24.1. The second-order valence-corrected chi connectivity index (χ2v) is 10.4. The number of fused-ring (bicyclic) bond motifs is 2. The topological polar surface area (TPSA) is 90.4 Å². The molecule has 182 valence electrons. The number of rotatable bonds is 6. The fourth-order valence-electron chi connectivity index (χ4n) is 6.16. The number of likely N-dealkylation sites (N-methyl/N-ethyl adjacent to an activating group) is 1. The van der Waals surface area contributed by atoms with Crippen LogP contribution in [0.1, 0.15) is 40.5 Å². The number of carbonyl (C=O) groups excluding carboxylic acids is 3. The van der Waals surface area contributed by atoms with E-state index in [0.717, 1.165) is 12.8 Å². The lowest BCUT2D eigenvalue weighted by Gasteiger charge is -2.41. The first-order valence-corrected chi connectivity index (χ1v) is 12.1. The Hall–Kier alpha value is -2.19. The molecule has 3 amide bonds. The van der Waals surface area contributed by atoms with Crippen molar-refractivity contribution in [3.05, 3.63) is 24.3 Å². The molecule has 0 radical (unpaired) electrons. The van der Waals surface area contributed by atoms with Crippen LogP contribution in [0.25, 0.3) is 0 Å². The van der Waals surface area contributed by atoms with Gasteiger partial charge in [-0.2, -0.15) is 0 Å². The molecule has 0 aromatic rings. The molecule has 0 aliphatic carbocycles. The van der Waals surface area contributed by atoms with E-state index in [1.165, 1.54) is 0 Å². The van der Waals surface area contributed by atoms with Crippen LogP contribution in [0, 0.1) is 17.8 Å². The van der Waals surface area contributed by atoms with E-state index >= 15 is 0 Å². The fourth-order valence-corrected chi connectivity index (χ4v) is 6.16. The number of carbonyl (C=O) groups is 3. The van der Waals surface area contributed by atoms with Crippen LogP contribution in [0.2, 0.25) is 0 Å². The predicted octanol–water partition coefficient (Wildman–Crippen LogP) is 1.20. The van der Waals surface area contributed by atoms with Crippen molar-refractivity contribution in [2.75, 3.05) is 33.3 Å². The fraction of sp³-hybridized carbons (Fsp3) is 0.720. The molecule has 2 fully saturated rings. The number of unbranched alkanes of at least 4 members (excludes halogenated alkanes) is 1. The van der Waals surface area contributed by atoms with Gasteiger partial charge in [0.15, 0.2) is 0 Å². The zero-order valence-electron chi connectivity index (χ0n) is 20.4. The largest absolute Gasteiger partial charge is 0.394 e. The molecule has 8 heteroatoms. The summed E-state index contributed by atoms with van der Waals surface area (Å²) in [4.78, 5) is 46.6. The third-order valence-electron chi connectivity index (χ3n) is 7.88. The van der Waals surface area contributed by atoms with Crippen LogP contribution in [0.5, 0.6) is 0 Å². The van der Waals surface area contributed by atoms with Crippen molar-refractivity contribution < 1.29 is 24.2 Å². The number of amides is 3. The van der Waals surface area contributed by atoms with Crippen LogP contribution in [-0.4, -0.2) is 94.1 Å². The molecule has 0 aromatic carbocycles. The van der Waals surface area contributed by atoms with E-state index in [4.69, 9.17) is 4.74 Å². The number of ether oxygens (including phenoxy) is 1. The first-order valence-electron chi connectivity index (χ1n) is 12.1. The molecule has 6 atom stereocenters. The lowest BCUT2D eigenvalue weighted by Crippen LogP contribution is -2.59. The molecular weight excluding hydrogens is 422 g/mol. The Morgan fingerprint density at radius 2 is 1.79 bits per heavy atom. The van der Waals surface area contributed by atoms with Gasteiger partial charge >= 0.3 is 0 Å². The van der Waals surface area contributed by atoms with Gasteiger partial charge in [-0.25, -0.2) is 0 Å². The normalized spacial score (nSPS) is 36.8. The molecule has 33 heavy (non-hydrogen) atoms. The Balaban J connectivity index is 1.89. The first-order chi connectivity index (χ1) is 15.6. The molecule has 4 aliphatic heterocycles. The highest BCUT2D eigenvalue weighted by Crippen LogP contribution is 2.58. The molecule has 4 heterocycles. The second-order valence-electron chi connectivity index (χ2n) is 10.4. The van der Waals surface area contributed by atoms with Crippen molar-refractivity contribution in [1.29, 1.82) is 0 Å². The monoisotopic (exact) mass is 459 g/mol. The Kier molecular flexibility index (Phi) is 6.20. The Morgan fingerprint density at radius 3 is 2.42 bits per heavy atom. The van der Waals surface area contributed by atoms with Crippen LogP contribution in [0.4, 0.5) is 0 Å². The highest BCUT2D eigenvalue weighted by atomic mass is 16.5. The SMILES string of the molecule is CCCCN1CC=C[C@]23O[C@@]4(C)C=CCN(C)C(=O)[C@H]4[C@H]2C(=O)N([C@@H](CO)C(C)C)C3C1=O. The molecule has 0 aromatic heterocycles. The quantitative estimate of drug-likeness (QED) is 0.603. The van der Waals surface area contributed by atoms with Crippen molar-refractivity contribution in [1.82, 2.24) is 14.7 Å². The lowest BCUT2D eigenvalue weighted by atomic mass is 9.74. The third kappa shape index (κ3) is 3.44. The highest BCUT2D eigenvalue weighted by Gasteiger charge is 2.75. The smallest absolute Gasteiger partial charge is 0.249 e. The predicted molar refractivity (Wildman–Crippen MR) is 123 cm³/mol. The summed E-state index contributed by atoms with van der Waals surface area (Å²) in [7, 11) is 1.73. The van der Waals surface area contributed by atoms with Crippen molar-refractivity contribution in [3.8, 4) is 0 Å². The zero-order valence-corrected chi connectivity index (χ0v) is 20.4. The average Bonchev–Trinajstić information content (AvgIpc) is 3.04. The van der Waals surface area contributed by atoms with Gasteiger partial charge in [-0.3, -0.25) is 14.4 Å². The average molecular weight is 460 g/mol. The van der Waals surface area contributed by atoms with Gasteiger partial charge in [0.2, 0.25) is 17.7 Å². The van der Waals surface area contributed by atoms with E-state index in [0.29, 0.717) is 19.6 Å². The van der Waals surface area contributed by atoms with Gasteiger partial charge < -0.3 is 24.5 Å². The number of aliphatic hydroxyl groups excluding tert-OH is 1. The standard InChI is InChI=1S/C25H37N3O5/c1-6-7-13-27-14-9-11-25-19(18-21(30)26(5)12-8-10-24(18,4)33-25)22(31)28(20(25)23(27)32)17(15-29)16(2)3/h8-11,16-20,29H,6-7,12-15H2,1-5H3/t17-,18+,19-,20?,24-,25-/m0/s1. The van der Waals surface area contributed by atoms with Crippen LogP contribution in [0.15, 0.2) is 24.3 Å². The molecule has 1 spiro atoms. The van der Waals surface area contributed by atoms with Crippen LogP contribution >= 0.6 is 0 Å². The summed E-state index contributed by atoms with van der Waals surface area (Å²) in [6.07, 6.45) is 9.35. The number of aliphatic hydroxyl groups is 1. The summed E-state index contributed by atoms with van der Waals surface area (Å²) in [6, 6.07) is -1.46. The van der Waals surface area contributed by atoms with Crippen molar-refractivity contribution in [3.63, 3.8) is 0 Å². The Bertz CT molecular complexity index is 885. The van der Waals surface area contributed by atoms with Gasteiger partial charge in [0.05, 0.1) is 30.1 Å². The van der Waals surface area contributed by atoms with Crippen LogP contribution < -0.4 is 0 Å². The molecule has 1 N–H and O–H groups in total. The maximum absolute atomic E-state index is 14.1. The van der Waals surface area contributed by atoms with Crippen molar-refractivity contribution in [2.45, 2.75) is 63.8 Å². The van der Waals surface area contributed by atoms with Crippen molar-refractivity contribution in [2.24, 2.45) is 17.8 Å². The van der Waals surface area contributed by atoms with E-state index in [2.05, 4.69) is 6.92 Å². The van der Waals surface area contributed by atoms with Gasteiger partial charge in [-0.1, -0.05) is 51.5 Å². The van der Waals surface area contributed by atoms with Gasteiger partial charge in [0.25, 0.3) is 0 Å². The lowest BCUT2D eigenvalue weighted by molar-refractivity contribution is -0.156. The Labute approximate surface area is 196 Å². The minimum atomic E-state index is -1.25. The van der Waals surface area contributed by atoms with E-state index in [-0.39, 0.29) is 30.2 Å². The van der Waals surface area contributed by atoms with E-state index < -0.39 is 35.1 Å². The van der Waals surface area contributed by atoms with Gasteiger partial charge in [-0.15, -0.1) is 0 Å². The summed E-state index contributed by atoms with van der Waals surface area (Å²) in [6.45, 7) is 8.99. The summed E-state index contributed by atoms with van der Waals surface area (Å²) >= 11 is 0. The molecule has 4 rings (SSSR count). The highest BCUT2D eigenvalue weighted by molar-refractivity contribution is 6.00. The molecular formula is C25H37N3O5. The van der Waals surface area contributed by atoms with E-state index in [9.17, 15) is 19.5 Å². The van der Waals surface area contributed by atoms with E-state index in [1.54, 1.807) is 21.7 Å². The molecule has 1 unspecified atom stereocenters. The molecule has 2 saturated heterocycles. The Morgan fingerprint density at radius 1 is 1.09 bits per heavy atom. The van der Waals surface area contributed by atoms with E-state index in [1.807, 2.05) is 45.1 Å². The van der Waals surface area contributed by atoms with Crippen LogP contribution in [-0.2, 0) is 19.1 Å².